The molecule has 1 aromatic carbocycles. The van der Waals surface area contributed by atoms with Crippen molar-refractivity contribution in [2.45, 2.75) is 13.8 Å². The standard InChI is InChI=1S/C15H16ClNO3/c1-10(2)9-20-13-6-5-11(8-12(13)16)17-15(18)14-4-3-7-19-14/h3-8,10H,9H2,1-2H3,(H,17,18). The molecule has 1 N–H and O–H groups in total. The number of furan rings is 1. The number of hydrogen-bond donors (Lipinski definition) is 1. The van der Waals surface area contributed by atoms with Crippen molar-refractivity contribution in [3.05, 3.63) is 47.4 Å². The van der Waals surface area contributed by atoms with Gasteiger partial charge in [0, 0.05) is 5.69 Å². The topological polar surface area (TPSA) is 51.5 Å². The van der Waals surface area contributed by atoms with Gasteiger partial charge in [0.1, 0.15) is 5.75 Å². The van der Waals surface area contributed by atoms with Crippen LogP contribution < -0.4 is 10.1 Å². The van der Waals surface area contributed by atoms with Gasteiger partial charge >= 0.3 is 0 Å². The molecule has 1 heterocycles. The normalized spacial score (nSPS) is 10.6. The first-order chi connectivity index (χ1) is 9.56. The third-order valence-corrected chi connectivity index (χ3v) is 2.80. The molecule has 0 atom stereocenters. The van der Waals surface area contributed by atoms with Crippen LogP contribution in [-0.4, -0.2) is 12.5 Å². The molecule has 106 valence electrons. The smallest absolute Gasteiger partial charge is 0.291 e. The summed E-state index contributed by atoms with van der Waals surface area (Å²) in [5.74, 6) is 0.962. The second-order valence-corrected chi connectivity index (χ2v) is 5.19. The van der Waals surface area contributed by atoms with Gasteiger partial charge in [-0.15, -0.1) is 0 Å². The van der Waals surface area contributed by atoms with Gasteiger partial charge in [-0.1, -0.05) is 25.4 Å². The van der Waals surface area contributed by atoms with E-state index in [1.807, 2.05) is 0 Å². The monoisotopic (exact) mass is 293 g/mol. The molecule has 0 unspecified atom stereocenters. The van der Waals surface area contributed by atoms with Gasteiger partial charge in [0.2, 0.25) is 0 Å². The van der Waals surface area contributed by atoms with Crippen LogP contribution in [0.15, 0.2) is 41.0 Å². The van der Waals surface area contributed by atoms with Crippen molar-refractivity contribution in [2.75, 3.05) is 11.9 Å². The van der Waals surface area contributed by atoms with Crippen molar-refractivity contribution in [2.24, 2.45) is 5.92 Å². The number of ether oxygens (including phenoxy) is 1. The number of rotatable bonds is 5. The van der Waals surface area contributed by atoms with Crippen LogP contribution in [0, 0.1) is 5.92 Å². The van der Waals surface area contributed by atoms with Crippen LogP contribution in [0.2, 0.25) is 5.02 Å². The molecule has 0 radical (unpaired) electrons. The molecule has 0 fully saturated rings. The van der Waals surface area contributed by atoms with Gasteiger partial charge in [-0.2, -0.15) is 0 Å². The minimum absolute atomic E-state index is 0.251. The van der Waals surface area contributed by atoms with Crippen LogP contribution in [0.3, 0.4) is 0 Å². The average molecular weight is 294 g/mol. The fourth-order valence-electron chi connectivity index (χ4n) is 1.55. The van der Waals surface area contributed by atoms with E-state index in [0.29, 0.717) is 29.0 Å². The largest absolute Gasteiger partial charge is 0.492 e. The Morgan fingerprint density at radius 1 is 1.40 bits per heavy atom. The summed E-state index contributed by atoms with van der Waals surface area (Å²) >= 11 is 6.12. The van der Waals surface area contributed by atoms with E-state index < -0.39 is 0 Å². The summed E-state index contributed by atoms with van der Waals surface area (Å²) in [5, 5.41) is 3.17. The molecule has 0 aliphatic rings. The summed E-state index contributed by atoms with van der Waals surface area (Å²) in [6.45, 7) is 4.72. The van der Waals surface area contributed by atoms with Crippen LogP contribution in [0.4, 0.5) is 5.69 Å². The van der Waals surface area contributed by atoms with Crippen molar-refractivity contribution in [3.8, 4) is 5.75 Å². The summed E-state index contributed by atoms with van der Waals surface area (Å²) in [4.78, 5) is 11.8. The highest BCUT2D eigenvalue weighted by Crippen LogP contribution is 2.28. The van der Waals surface area contributed by atoms with E-state index in [4.69, 9.17) is 20.8 Å². The Morgan fingerprint density at radius 3 is 2.80 bits per heavy atom. The molecule has 0 spiro atoms. The Morgan fingerprint density at radius 2 is 2.20 bits per heavy atom. The second-order valence-electron chi connectivity index (χ2n) is 4.78. The number of anilines is 1. The van der Waals surface area contributed by atoms with Gasteiger partial charge in [0.05, 0.1) is 17.9 Å². The van der Waals surface area contributed by atoms with Gasteiger partial charge in [0.25, 0.3) is 5.91 Å². The molecule has 2 rings (SSSR count). The summed E-state index contributed by atoms with van der Waals surface area (Å²) in [6.07, 6.45) is 1.45. The lowest BCUT2D eigenvalue weighted by Gasteiger charge is -2.11. The van der Waals surface area contributed by atoms with Crippen molar-refractivity contribution >= 4 is 23.2 Å². The van der Waals surface area contributed by atoms with Crippen molar-refractivity contribution < 1.29 is 13.9 Å². The lowest BCUT2D eigenvalue weighted by molar-refractivity contribution is 0.0996. The van der Waals surface area contributed by atoms with Gasteiger partial charge in [-0.3, -0.25) is 4.79 Å². The van der Waals surface area contributed by atoms with Crippen LogP contribution in [0.1, 0.15) is 24.4 Å². The minimum atomic E-state index is -0.318. The molecule has 0 saturated heterocycles. The molecule has 20 heavy (non-hydrogen) atoms. The molecule has 2 aromatic rings. The van der Waals surface area contributed by atoms with Crippen LogP contribution in [0.5, 0.6) is 5.75 Å². The highest BCUT2D eigenvalue weighted by Gasteiger charge is 2.10. The SMILES string of the molecule is CC(C)COc1ccc(NC(=O)c2ccco2)cc1Cl. The Bertz CT molecular complexity index is 579. The Balaban J connectivity index is 2.03. The first-order valence-corrected chi connectivity index (χ1v) is 6.71. The summed E-state index contributed by atoms with van der Waals surface area (Å²) < 4.78 is 10.6. The van der Waals surface area contributed by atoms with E-state index in [0.717, 1.165) is 0 Å². The first-order valence-electron chi connectivity index (χ1n) is 6.33. The Labute approximate surface area is 122 Å². The molecule has 0 aliphatic heterocycles. The molecule has 5 heteroatoms. The molecular weight excluding hydrogens is 278 g/mol. The number of hydrogen-bond acceptors (Lipinski definition) is 3. The van der Waals surface area contributed by atoms with Crippen LogP contribution >= 0.6 is 11.6 Å². The highest BCUT2D eigenvalue weighted by atomic mass is 35.5. The number of carbonyl (C=O) groups is 1. The number of benzene rings is 1. The molecule has 1 amide bonds. The number of amides is 1. The fourth-order valence-corrected chi connectivity index (χ4v) is 1.79. The average Bonchev–Trinajstić information content (AvgIpc) is 2.91. The minimum Gasteiger partial charge on any atom is -0.492 e. The Kier molecular flexibility index (Phi) is 4.69. The van der Waals surface area contributed by atoms with E-state index in [9.17, 15) is 4.79 Å². The van der Waals surface area contributed by atoms with E-state index in [2.05, 4.69) is 19.2 Å². The number of nitrogens with one attached hydrogen (secondary N) is 1. The predicted molar refractivity (Wildman–Crippen MR) is 78.4 cm³/mol. The molecule has 0 aliphatic carbocycles. The lowest BCUT2D eigenvalue weighted by Crippen LogP contribution is -2.11. The lowest BCUT2D eigenvalue weighted by atomic mass is 10.2. The summed E-state index contributed by atoms with van der Waals surface area (Å²) in [6, 6.07) is 8.38. The highest BCUT2D eigenvalue weighted by molar-refractivity contribution is 6.32. The third-order valence-electron chi connectivity index (χ3n) is 2.51. The van der Waals surface area contributed by atoms with E-state index in [1.165, 1.54) is 6.26 Å². The first kappa shape index (κ1) is 14.5. The van der Waals surface area contributed by atoms with Crippen molar-refractivity contribution in [1.82, 2.24) is 0 Å². The van der Waals surface area contributed by atoms with E-state index >= 15 is 0 Å². The Hall–Kier alpha value is -1.94. The summed E-state index contributed by atoms with van der Waals surface area (Å²) in [5.41, 5.74) is 0.591. The number of carbonyl (C=O) groups excluding carboxylic acids is 1. The zero-order chi connectivity index (χ0) is 14.5. The second kappa shape index (κ2) is 6.48. The zero-order valence-electron chi connectivity index (χ0n) is 11.4. The van der Waals surface area contributed by atoms with E-state index in [-0.39, 0.29) is 11.7 Å². The molecular formula is C15H16ClNO3. The maximum absolute atomic E-state index is 11.8. The van der Waals surface area contributed by atoms with Gasteiger partial charge in [0.15, 0.2) is 5.76 Å². The van der Waals surface area contributed by atoms with Crippen molar-refractivity contribution in [3.63, 3.8) is 0 Å². The third kappa shape index (κ3) is 3.78. The molecule has 0 saturated carbocycles. The van der Waals surface area contributed by atoms with Crippen LogP contribution in [0.25, 0.3) is 0 Å². The summed E-state index contributed by atoms with van der Waals surface area (Å²) in [7, 11) is 0. The van der Waals surface area contributed by atoms with Gasteiger partial charge < -0.3 is 14.5 Å². The predicted octanol–water partition coefficient (Wildman–Crippen LogP) is 4.22. The molecule has 0 bridgehead atoms. The zero-order valence-corrected chi connectivity index (χ0v) is 12.1. The maximum Gasteiger partial charge on any atom is 0.291 e. The van der Waals surface area contributed by atoms with Gasteiger partial charge in [-0.25, -0.2) is 0 Å². The molecule has 1 aromatic heterocycles. The molecule has 4 nitrogen and oxygen atoms in total. The maximum atomic E-state index is 11.8. The quantitative estimate of drug-likeness (QED) is 0.898. The number of halogens is 1. The van der Waals surface area contributed by atoms with Gasteiger partial charge in [-0.05, 0) is 36.2 Å². The van der Waals surface area contributed by atoms with Crippen molar-refractivity contribution in [1.29, 1.82) is 0 Å². The fraction of sp³-hybridized carbons (Fsp3) is 0.267. The van der Waals surface area contributed by atoms with Crippen LogP contribution in [-0.2, 0) is 0 Å². The van der Waals surface area contributed by atoms with E-state index in [1.54, 1.807) is 30.3 Å².